The van der Waals surface area contributed by atoms with Gasteiger partial charge >= 0.3 is 17.9 Å². The molecule has 2 aromatic heterocycles. The van der Waals surface area contributed by atoms with Crippen LogP contribution in [0.15, 0.2) is 81.3 Å². The molecule has 0 unspecified atom stereocenters. The van der Waals surface area contributed by atoms with E-state index in [1.165, 1.54) is 18.2 Å². The molecule has 262 valence electrons. The molecule has 2 aliphatic rings. The number of methoxy groups -OCH3 is 1. The van der Waals surface area contributed by atoms with Crippen LogP contribution in [0.2, 0.25) is 0 Å². The van der Waals surface area contributed by atoms with Crippen LogP contribution in [0.1, 0.15) is 55.2 Å². The molecule has 0 bridgehead atoms. The SMILES string of the molecule is CN1CCc2cc(N=Nc3cccc(C(=O)O)n3)c(C(=O)O)cc21.COc1ccc(N=Nc2cc3c(cc2C(=O)O)N(C)CCCC3)nc1.[Ni]. The van der Waals surface area contributed by atoms with Crippen molar-refractivity contribution >= 4 is 52.3 Å². The largest absolute Gasteiger partial charge is 0.495 e. The first kappa shape index (κ1) is 37.1. The normalized spacial score (nSPS) is 13.5. The summed E-state index contributed by atoms with van der Waals surface area (Å²) < 4.78 is 5.05. The monoisotopic (exact) mass is 724 g/mol. The molecule has 2 aromatic carbocycles. The second-order valence-electron chi connectivity index (χ2n) is 11.3. The number of aryl methyl sites for hydroxylation is 1. The van der Waals surface area contributed by atoms with Crippen molar-refractivity contribution in [1.29, 1.82) is 0 Å². The second kappa shape index (κ2) is 16.6. The van der Waals surface area contributed by atoms with Crippen molar-refractivity contribution in [2.24, 2.45) is 20.5 Å². The van der Waals surface area contributed by atoms with Crippen molar-refractivity contribution in [2.45, 2.75) is 25.7 Å². The van der Waals surface area contributed by atoms with E-state index in [0.29, 0.717) is 17.3 Å². The van der Waals surface area contributed by atoms with Crippen LogP contribution in [0, 0.1) is 0 Å². The summed E-state index contributed by atoms with van der Waals surface area (Å²) >= 11 is 0. The Morgan fingerprint density at radius 2 is 1.32 bits per heavy atom. The van der Waals surface area contributed by atoms with E-state index in [9.17, 15) is 24.6 Å². The van der Waals surface area contributed by atoms with Crippen molar-refractivity contribution in [3.05, 3.63) is 88.7 Å². The van der Waals surface area contributed by atoms with Crippen molar-refractivity contribution < 1.29 is 50.9 Å². The molecule has 0 fully saturated rings. The van der Waals surface area contributed by atoms with Crippen LogP contribution in [0.25, 0.3) is 0 Å². The van der Waals surface area contributed by atoms with E-state index in [1.807, 2.05) is 25.1 Å². The third kappa shape index (κ3) is 8.82. The van der Waals surface area contributed by atoms with Crippen LogP contribution in [0.4, 0.5) is 34.4 Å². The molecule has 0 radical (unpaired) electrons. The summed E-state index contributed by atoms with van der Waals surface area (Å²) in [6.45, 7) is 1.74. The van der Waals surface area contributed by atoms with Gasteiger partial charge in [0.1, 0.15) is 17.1 Å². The Hall–Kier alpha value is -5.76. The number of nitrogens with zero attached hydrogens (tertiary/aromatic N) is 8. The molecule has 0 saturated carbocycles. The van der Waals surface area contributed by atoms with E-state index >= 15 is 0 Å². The average molecular weight is 725 g/mol. The number of ether oxygens (including phenoxy) is 1. The van der Waals surface area contributed by atoms with Crippen LogP contribution in [0.5, 0.6) is 5.75 Å². The molecule has 0 atom stereocenters. The van der Waals surface area contributed by atoms with Crippen molar-refractivity contribution in [2.75, 3.05) is 44.1 Å². The minimum atomic E-state index is -1.17. The summed E-state index contributed by atoms with van der Waals surface area (Å²) in [7, 11) is 5.45. The number of aromatic nitrogens is 2. The Bertz CT molecular complexity index is 1950. The van der Waals surface area contributed by atoms with Crippen molar-refractivity contribution in [1.82, 2.24) is 9.97 Å². The Labute approximate surface area is 297 Å². The van der Waals surface area contributed by atoms with Crippen LogP contribution in [-0.4, -0.2) is 77.5 Å². The fraction of sp³-hybridized carbons (Fsp3) is 0.265. The molecule has 0 saturated heterocycles. The molecular formula is C34H34N8NiO7. The number of anilines is 2. The van der Waals surface area contributed by atoms with Gasteiger partial charge in [0.05, 0.1) is 24.4 Å². The standard InChI is InChI=1S/C18H20N4O3.C16H14N4O4.Ni/c1-22-8-4-3-5-12-9-15(14(18(23)24)10-16(12)22)20-21-17-7-6-13(25-2)11-19-17;1-20-6-5-9-7-12(10(15(21)22)8-13(9)20)18-19-14-4-2-3-11(17-14)16(23)24;/h6-7,9-11H,3-5,8H2,1-2H3,(H,23,24);2-4,7-8H,5-6H2,1H3,(H,21,22)(H,23,24);. The fourth-order valence-corrected chi connectivity index (χ4v) is 5.41. The van der Waals surface area contributed by atoms with Crippen LogP contribution < -0.4 is 14.5 Å². The fourth-order valence-electron chi connectivity index (χ4n) is 5.41. The van der Waals surface area contributed by atoms with Gasteiger partial charge in [0.2, 0.25) is 0 Å². The van der Waals surface area contributed by atoms with Gasteiger partial charge < -0.3 is 29.9 Å². The molecule has 50 heavy (non-hydrogen) atoms. The van der Waals surface area contributed by atoms with Gasteiger partial charge in [0.25, 0.3) is 0 Å². The zero-order valence-corrected chi connectivity index (χ0v) is 28.4. The van der Waals surface area contributed by atoms with Crippen molar-refractivity contribution in [3.63, 3.8) is 0 Å². The first-order valence-electron chi connectivity index (χ1n) is 15.3. The first-order valence-corrected chi connectivity index (χ1v) is 15.3. The van der Waals surface area contributed by atoms with Crippen LogP contribution in [-0.2, 0) is 29.3 Å². The Kier molecular flexibility index (Phi) is 12.3. The Morgan fingerprint density at radius 1 is 0.720 bits per heavy atom. The number of carbonyl (C=O) groups is 3. The van der Waals surface area contributed by atoms with E-state index in [0.717, 1.165) is 61.3 Å². The molecule has 6 rings (SSSR count). The third-order valence-corrected chi connectivity index (χ3v) is 8.01. The number of fused-ring (bicyclic) bond motifs is 2. The summed E-state index contributed by atoms with van der Waals surface area (Å²) in [6, 6.07) is 14.5. The van der Waals surface area contributed by atoms with E-state index in [2.05, 4.69) is 35.3 Å². The number of azo groups is 2. The number of likely N-dealkylation sites (N-methyl/N-ethyl adjacent to an activating group) is 1. The van der Waals surface area contributed by atoms with Gasteiger partial charge in [-0.2, -0.15) is 0 Å². The number of aromatic carboxylic acids is 3. The van der Waals surface area contributed by atoms with Crippen LogP contribution >= 0.6 is 0 Å². The minimum Gasteiger partial charge on any atom is -0.495 e. The molecule has 0 aliphatic carbocycles. The molecular weight excluding hydrogens is 691 g/mol. The van der Waals surface area contributed by atoms with Gasteiger partial charge in [-0.1, -0.05) is 6.07 Å². The molecule has 2 aliphatic heterocycles. The average Bonchev–Trinajstić information content (AvgIpc) is 3.36. The number of pyridine rings is 2. The molecule has 3 N–H and O–H groups in total. The number of benzene rings is 2. The minimum absolute atomic E-state index is 0. The van der Waals surface area contributed by atoms with Crippen molar-refractivity contribution in [3.8, 4) is 5.75 Å². The van der Waals surface area contributed by atoms with Gasteiger partial charge in [-0.05, 0) is 85.3 Å². The van der Waals surface area contributed by atoms with E-state index in [1.54, 1.807) is 43.6 Å². The summed E-state index contributed by atoms with van der Waals surface area (Å²) in [6.07, 6.45) is 5.41. The molecule has 0 spiro atoms. The molecule has 4 heterocycles. The zero-order chi connectivity index (χ0) is 35.1. The third-order valence-electron chi connectivity index (χ3n) is 8.01. The predicted molar refractivity (Wildman–Crippen MR) is 180 cm³/mol. The first-order chi connectivity index (χ1) is 23.5. The summed E-state index contributed by atoms with van der Waals surface area (Å²) in [4.78, 5) is 46.1. The second-order valence-corrected chi connectivity index (χ2v) is 11.3. The Balaban J connectivity index is 0.000000220. The van der Waals surface area contributed by atoms with Gasteiger partial charge in [-0.25, -0.2) is 24.4 Å². The summed E-state index contributed by atoms with van der Waals surface area (Å²) in [5.41, 5.74) is 4.53. The van der Waals surface area contributed by atoms with Gasteiger partial charge in [0, 0.05) is 55.1 Å². The molecule has 4 aromatic rings. The maximum Gasteiger partial charge on any atom is 0.354 e. The number of carboxylic acids is 3. The predicted octanol–water partition coefficient (Wildman–Crippen LogP) is 6.86. The summed E-state index contributed by atoms with van der Waals surface area (Å²) in [5.74, 6) is -2.17. The maximum atomic E-state index is 11.6. The topological polar surface area (TPSA) is 203 Å². The van der Waals surface area contributed by atoms with E-state index < -0.39 is 17.9 Å². The van der Waals surface area contributed by atoms with Crippen LogP contribution in [0.3, 0.4) is 0 Å². The number of rotatable bonds is 8. The van der Waals surface area contributed by atoms with Gasteiger partial charge in [0.15, 0.2) is 17.3 Å². The molecule has 16 heteroatoms. The zero-order valence-electron chi connectivity index (χ0n) is 27.4. The quantitative estimate of drug-likeness (QED) is 0.126. The maximum absolute atomic E-state index is 11.6. The molecule has 15 nitrogen and oxygen atoms in total. The summed E-state index contributed by atoms with van der Waals surface area (Å²) in [5, 5.41) is 43.9. The Morgan fingerprint density at radius 3 is 1.88 bits per heavy atom. The number of carboxylic acid groups (broad SMARTS) is 3. The van der Waals surface area contributed by atoms with E-state index in [4.69, 9.17) is 9.84 Å². The number of hydrogen-bond donors (Lipinski definition) is 3. The van der Waals surface area contributed by atoms with Gasteiger partial charge in [-0.15, -0.1) is 20.5 Å². The smallest absolute Gasteiger partial charge is 0.354 e. The van der Waals surface area contributed by atoms with Gasteiger partial charge in [-0.3, -0.25) is 0 Å². The number of hydrogen-bond acceptors (Lipinski definition) is 12. The molecule has 0 amide bonds. The van der Waals surface area contributed by atoms with E-state index in [-0.39, 0.29) is 44.8 Å².